The highest BCUT2D eigenvalue weighted by Gasteiger charge is 2.46. The molecule has 7 nitrogen and oxygen atoms in total. The number of aromatic nitrogens is 1. The Morgan fingerprint density at radius 3 is 2.44 bits per heavy atom. The Bertz CT molecular complexity index is 939. The number of hydrogen-bond acceptors (Lipinski definition) is 6. The molecular weight excluding hydrogens is 388 g/mol. The van der Waals surface area contributed by atoms with E-state index < -0.39 is 15.7 Å². The topological polar surface area (TPSA) is 106 Å². The number of nitrogens with one attached hydrogen (secondary N) is 1. The molecule has 0 atom stereocenters. The molecule has 1 fully saturated rings. The standard InChI is InChI=1S/C18H22N2O5S2/c1-17(2,3)15(21)25-16-19-14(11-26-16)18(8-9-18)10-12-4-6-13(7-5-12)20-27(22,23)24/h4-7,11,20H,8-10H2,1-3H3,(H,22,23,24). The number of carbonyl (C=O) groups excluding carboxylic acids is 1. The number of hydrogen-bond donors (Lipinski definition) is 2. The number of benzene rings is 1. The van der Waals surface area contributed by atoms with Gasteiger partial charge < -0.3 is 4.74 Å². The summed E-state index contributed by atoms with van der Waals surface area (Å²) in [5.74, 6) is -0.310. The van der Waals surface area contributed by atoms with Gasteiger partial charge in [0.2, 0.25) is 0 Å². The molecule has 1 aromatic carbocycles. The molecule has 1 aliphatic rings. The lowest BCUT2D eigenvalue weighted by Crippen LogP contribution is -2.25. The maximum atomic E-state index is 12.0. The van der Waals surface area contributed by atoms with Gasteiger partial charge in [0.15, 0.2) is 0 Å². The van der Waals surface area contributed by atoms with Gasteiger partial charge in [0.05, 0.1) is 16.8 Å². The first kappa shape index (κ1) is 19.8. The molecule has 9 heteroatoms. The van der Waals surface area contributed by atoms with Crippen molar-refractivity contribution in [1.82, 2.24) is 4.98 Å². The van der Waals surface area contributed by atoms with Gasteiger partial charge in [-0.3, -0.25) is 14.1 Å². The molecule has 27 heavy (non-hydrogen) atoms. The summed E-state index contributed by atoms with van der Waals surface area (Å²) in [5, 5.41) is 2.30. The highest BCUT2D eigenvalue weighted by molar-refractivity contribution is 7.87. The molecule has 2 N–H and O–H groups in total. The molecule has 0 spiro atoms. The Balaban J connectivity index is 1.68. The zero-order chi connectivity index (χ0) is 19.9. The van der Waals surface area contributed by atoms with Gasteiger partial charge in [-0.1, -0.05) is 23.5 Å². The predicted octanol–water partition coefficient (Wildman–Crippen LogP) is 3.58. The fourth-order valence-electron chi connectivity index (χ4n) is 2.68. The first-order valence-corrected chi connectivity index (χ1v) is 10.8. The Hall–Kier alpha value is -1.97. The Labute approximate surface area is 162 Å². The van der Waals surface area contributed by atoms with Gasteiger partial charge in [-0.25, -0.2) is 4.98 Å². The highest BCUT2D eigenvalue weighted by Crippen LogP contribution is 2.51. The molecule has 0 radical (unpaired) electrons. The van der Waals surface area contributed by atoms with Crippen molar-refractivity contribution in [1.29, 1.82) is 0 Å². The zero-order valence-corrected chi connectivity index (χ0v) is 17.0. The van der Waals surface area contributed by atoms with Gasteiger partial charge in [0, 0.05) is 10.8 Å². The summed E-state index contributed by atoms with van der Waals surface area (Å²) in [6.45, 7) is 5.40. The summed E-state index contributed by atoms with van der Waals surface area (Å²) in [7, 11) is -4.27. The van der Waals surface area contributed by atoms with Crippen LogP contribution in [0.4, 0.5) is 5.69 Å². The average Bonchev–Trinajstić information content (AvgIpc) is 3.16. The molecule has 0 bridgehead atoms. The molecule has 0 saturated heterocycles. The van der Waals surface area contributed by atoms with E-state index in [1.807, 2.05) is 22.2 Å². The van der Waals surface area contributed by atoms with Crippen molar-refractivity contribution in [3.8, 4) is 5.19 Å². The molecule has 0 unspecified atom stereocenters. The fraction of sp³-hybridized carbons (Fsp3) is 0.444. The molecule has 1 saturated carbocycles. The number of ether oxygens (including phenoxy) is 1. The third-order valence-electron chi connectivity index (χ3n) is 4.42. The number of esters is 1. The molecular formula is C18H22N2O5S2. The number of carbonyl (C=O) groups is 1. The Morgan fingerprint density at radius 1 is 1.30 bits per heavy atom. The van der Waals surface area contributed by atoms with E-state index in [-0.39, 0.29) is 11.4 Å². The molecule has 3 rings (SSSR count). The second kappa shape index (κ2) is 6.88. The van der Waals surface area contributed by atoms with E-state index in [4.69, 9.17) is 9.29 Å². The van der Waals surface area contributed by atoms with E-state index in [2.05, 4.69) is 4.98 Å². The lowest BCUT2D eigenvalue weighted by atomic mass is 9.94. The summed E-state index contributed by atoms with van der Waals surface area (Å²) in [6.07, 6.45) is 2.75. The van der Waals surface area contributed by atoms with Crippen LogP contribution in [-0.4, -0.2) is 23.9 Å². The van der Waals surface area contributed by atoms with Crippen molar-refractivity contribution >= 4 is 33.3 Å². The van der Waals surface area contributed by atoms with E-state index in [0.717, 1.165) is 30.5 Å². The minimum Gasteiger partial charge on any atom is -0.397 e. The van der Waals surface area contributed by atoms with Crippen LogP contribution in [0.2, 0.25) is 0 Å². The van der Waals surface area contributed by atoms with Crippen LogP contribution in [0.5, 0.6) is 5.19 Å². The third kappa shape index (κ3) is 5.06. The van der Waals surface area contributed by atoms with Crippen molar-refractivity contribution in [3.05, 3.63) is 40.9 Å². The van der Waals surface area contributed by atoms with Gasteiger partial charge in [0.1, 0.15) is 0 Å². The second-order valence-corrected chi connectivity index (χ2v) is 9.84. The van der Waals surface area contributed by atoms with Crippen LogP contribution in [-0.2, 0) is 26.9 Å². The van der Waals surface area contributed by atoms with Crippen LogP contribution in [0, 0.1) is 5.41 Å². The lowest BCUT2D eigenvalue weighted by Gasteiger charge is -2.15. The van der Waals surface area contributed by atoms with Gasteiger partial charge in [0.25, 0.3) is 5.19 Å². The minimum atomic E-state index is -4.27. The quantitative estimate of drug-likeness (QED) is 0.557. The minimum absolute atomic E-state index is 0.0686. The largest absolute Gasteiger partial charge is 0.397 e. The number of rotatable bonds is 6. The van der Waals surface area contributed by atoms with E-state index >= 15 is 0 Å². The predicted molar refractivity (Wildman–Crippen MR) is 103 cm³/mol. The van der Waals surface area contributed by atoms with Crippen LogP contribution in [0.1, 0.15) is 44.9 Å². The maximum Gasteiger partial charge on any atom is 0.357 e. The highest BCUT2D eigenvalue weighted by atomic mass is 32.2. The smallest absolute Gasteiger partial charge is 0.357 e. The summed E-state index contributed by atoms with van der Waals surface area (Å²) >= 11 is 1.32. The molecule has 1 heterocycles. The SMILES string of the molecule is CC(C)(C)C(=O)Oc1nc(C2(Cc3ccc(NS(=O)(=O)O)cc3)CC2)cs1. The molecule has 1 aliphatic carbocycles. The summed E-state index contributed by atoms with van der Waals surface area (Å²) in [6, 6.07) is 6.86. The van der Waals surface area contributed by atoms with Crippen LogP contribution in [0.25, 0.3) is 0 Å². The normalized spacial score (nSPS) is 16.0. The first-order chi connectivity index (χ1) is 12.5. The van der Waals surface area contributed by atoms with E-state index in [1.165, 1.54) is 11.3 Å². The summed E-state index contributed by atoms with van der Waals surface area (Å²) in [5.41, 5.74) is 1.61. The summed E-state index contributed by atoms with van der Waals surface area (Å²) in [4.78, 5) is 16.5. The van der Waals surface area contributed by atoms with Crippen molar-refractivity contribution in [3.63, 3.8) is 0 Å². The monoisotopic (exact) mass is 410 g/mol. The summed E-state index contributed by atoms with van der Waals surface area (Å²) < 4.78 is 37.9. The van der Waals surface area contributed by atoms with E-state index in [1.54, 1.807) is 32.9 Å². The van der Waals surface area contributed by atoms with Crippen LogP contribution in [0.15, 0.2) is 29.6 Å². The maximum absolute atomic E-state index is 12.0. The molecule has 1 aromatic heterocycles. The zero-order valence-electron chi connectivity index (χ0n) is 15.4. The van der Waals surface area contributed by atoms with Gasteiger partial charge in [-0.2, -0.15) is 8.42 Å². The van der Waals surface area contributed by atoms with Crippen LogP contribution < -0.4 is 9.46 Å². The van der Waals surface area contributed by atoms with Gasteiger partial charge >= 0.3 is 16.3 Å². The first-order valence-electron chi connectivity index (χ1n) is 8.49. The van der Waals surface area contributed by atoms with Crippen molar-refractivity contribution in [2.75, 3.05) is 4.72 Å². The average molecular weight is 411 g/mol. The van der Waals surface area contributed by atoms with Crippen molar-refractivity contribution in [2.24, 2.45) is 5.41 Å². The van der Waals surface area contributed by atoms with Crippen molar-refractivity contribution in [2.45, 2.75) is 45.4 Å². The van der Waals surface area contributed by atoms with Crippen LogP contribution >= 0.6 is 11.3 Å². The van der Waals surface area contributed by atoms with E-state index in [9.17, 15) is 13.2 Å². The lowest BCUT2D eigenvalue weighted by molar-refractivity contribution is -0.143. The van der Waals surface area contributed by atoms with Gasteiger partial charge in [-0.05, 0) is 57.7 Å². The molecule has 0 amide bonds. The van der Waals surface area contributed by atoms with Crippen LogP contribution in [0.3, 0.4) is 0 Å². The molecule has 0 aliphatic heterocycles. The Morgan fingerprint density at radius 2 is 1.93 bits per heavy atom. The van der Waals surface area contributed by atoms with Gasteiger partial charge in [-0.15, -0.1) is 0 Å². The number of nitrogens with zero attached hydrogens (tertiary/aromatic N) is 1. The Kier molecular flexibility index (Phi) is 5.04. The third-order valence-corrected chi connectivity index (χ3v) is 5.63. The molecule has 2 aromatic rings. The molecule has 146 valence electrons. The number of anilines is 1. The van der Waals surface area contributed by atoms with Crippen molar-refractivity contribution < 1.29 is 22.5 Å². The second-order valence-electron chi connectivity index (χ2n) is 7.87. The van der Waals surface area contributed by atoms with E-state index in [0.29, 0.717) is 10.9 Å². The number of thiazole rings is 1. The fourth-order valence-corrected chi connectivity index (χ4v) is 3.91.